The Morgan fingerprint density at radius 1 is 1.47 bits per heavy atom. The zero-order valence-corrected chi connectivity index (χ0v) is 13.1. The fourth-order valence-corrected chi connectivity index (χ4v) is 3.53. The molecule has 0 aliphatic rings. The van der Waals surface area contributed by atoms with Gasteiger partial charge in [0, 0.05) is 17.5 Å². The van der Waals surface area contributed by atoms with Crippen LogP contribution in [-0.2, 0) is 11.3 Å². The SMILES string of the molecule is CCn1c(=NC(=O)C(C)C)sc2cc(Cl)cc(C)c21. The monoisotopic (exact) mass is 296 g/mol. The first-order valence-electron chi connectivity index (χ1n) is 6.32. The molecule has 19 heavy (non-hydrogen) atoms. The number of carbonyl (C=O) groups is 1. The number of amides is 1. The highest BCUT2D eigenvalue weighted by molar-refractivity contribution is 7.16. The van der Waals surface area contributed by atoms with Crippen molar-refractivity contribution < 1.29 is 4.79 Å². The van der Waals surface area contributed by atoms with Gasteiger partial charge in [0.1, 0.15) is 0 Å². The van der Waals surface area contributed by atoms with Crippen molar-refractivity contribution in [1.82, 2.24) is 4.57 Å². The van der Waals surface area contributed by atoms with E-state index in [1.807, 2.05) is 32.9 Å². The molecule has 2 rings (SSSR count). The van der Waals surface area contributed by atoms with Gasteiger partial charge in [-0.3, -0.25) is 4.79 Å². The van der Waals surface area contributed by atoms with E-state index in [1.165, 1.54) is 11.3 Å². The Labute approximate surface area is 121 Å². The van der Waals surface area contributed by atoms with E-state index in [1.54, 1.807) is 0 Å². The van der Waals surface area contributed by atoms with Crippen molar-refractivity contribution in [3.05, 3.63) is 27.5 Å². The van der Waals surface area contributed by atoms with Crippen molar-refractivity contribution in [1.29, 1.82) is 0 Å². The third-order valence-corrected chi connectivity index (χ3v) is 4.19. The lowest BCUT2D eigenvalue weighted by Gasteiger charge is -2.04. The van der Waals surface area contributed by atoms with Crippen LogP contribution in [0.3, 0.4) is 0 Å². The molecule has 1 aromatic carbocycles. The van der Waals surface area contributed by atoms with Crippen molar-refractivity contribution >= 4 is 39.1 Å². The molecular weight excluding hydrogens is 280 g/mol. The molecule has 0 atom stereocenters. The summed E-state index contributed by atoms with van der Waals surface area (Å²) in [4.78, 5) is 16.8. The highest BCUT2D eigenvalue weighted by Crippen LogP contribution is 2.25. The minimum absolute atomic E-state index is 0.0831. The lowest BCUT2D eigenvalue weighted by atomic mass is 10.2. The minimum atomic E-state index is -0.0856. The third-order valence-electron chi connectivity index (χ3n) is 2.95. The van der Waals surface area contributed by atoms with Gasteiger partial charge in [-0.25, -0.2) is 0 Å². The van der Waals surface area contributed by atoms with Crippen molar-refractivity contribution in [3.63, 3.8) is 0 Å². The normalized spacial score (nSPS) is 12.6. The smallest absolute Gasteiger partial charge is 0.250 e. The molecule has 0 fully saturated rings. The molecular formula is C14H17ClN2OS. The van der Waals surface area contributed by atoms with Crippen molar-refractivity contribution in [2.45, 2.75) is 34.2 Å². The van der Waals surface area contributed by atoms with Crippen LogP contribution in [0, 0.1) is 12.8 Å². The van der Waals surface area contributed by atoms with Gasteiger partial charge >= 0.3 is 0 Å². The molecule has 0 unspecified atom stereocenters. The highest BCUT2D eigenvalue weighted by Gasteiger charge is 2.11. The van der Waals surface area contributed by atoms with E-state index in [9.17, 15) is 4.79 Å². The number of hydrogen-bond acceptors (Lipinski definition) is 2. The van der Waals surface area contributed by atoms with Crippen LogP contribution in [0.4, 0.5) is 0 Å². The second-order valence-corrected chi connectivity index (χ2v) is 6.25. The number of aromatic nitrogens is 1. The molecule has 5 heteroatoms. The van der Waals surface area contributed by atoms with E-state index in [2.05, 4.69) is 16.5 Å². The Morgan fingerprint density at radius 2 is 2.16 bits per heavy atom. The average molecular weight is 297 g/mol. The predicted octanol–water partition coefficient (Wildman–Crippen LogP) is 3.77. The van der Waals surface area contributed by atoms with Gasteiger partial charge in [0.15, 0.2) is 4.80 Å². The predicted molar refractivity (Wildman–Crippen MR) is 80.6 cm³/mol. The summed E-state index contributed by atoms with van der Waals surface area (Å²) in [5.41, 5.74) is 2.23. The molecule has 3 nitrogen and oxygen atoms in total. The van der Waals surface area contributed by atoms with E-state index in [0.717, 1.165) is 32.1 Å². The van der Waals surface area contributed by atoms with Gasteiger partial charge in [0.05, 0.1) is 10.2 Å². The summed E-state index contributed by atoms with van der Waals surface area (Å²) in [5.74, 6) is -0.169. The van der Waals surface area contributed by atoms with Crippen LogP contribution in [0.2, 0.25) is 5.02 Å². The standard InChI is InChI=1S/C14H17ClN2OS/c1-5-17-12-9(4)6-10(15)7-11(12)19-14(17)16-13(18)8(2)3/h6-8H,5H2,1-4H3. The van der Waals surface area contributed by atoms with Gasteiger partial charge in [-0.05, 0) is 31.5 Å². The summed E-state index contributed by atoms with van der Waals surface area (Å²) in [7, 11) is 0. The van der Waals surface area contributed by atoms with E-state index in [4.69, 9.17) is 11.6 Å². The fourth-order valence-electron chi connectivity index (χ4n) is 1.98. The van der Waals surface area contributed by atoms with Crippen molar-refractivity contribution in [2.75, 3.05) is 0 Å². The number of fused-ring (bicyclic) bond motifs is 1. The van der Waals surface area contributed by atoms with E-state index in [-0.39, 0.29) is 11.8 Å². The number of aryl methyl sites for hydroxylation is 2. The van der Waals surface area contributed by atoms with E-state index < -0.39 is 0 Å². The number of hydrogen-bond donors (Lipinski definition) is 0. The maximum atomic E-state index is 11.8. The van der Waals surface area contributed by atoms with Crippen LogP contribution < -0.4 is 4.80 Å². The molecule has 0 aliphatic carbocycles. The number of nitrogens with zero attached hydrogens (tertiary/aromatic N) is 2. The summed E-state index contributed by atoms with van der Waals surface area (Å²) >= 11 is 7.60. The molecule has 0 saturated heterocycles. The van der Waals surface area contributed by atoms with Crippen LogP contribution in [0.15, 0.2) is 17.1 Å². The number of rotatable bonds is 2. The largest absolute Gasteiger partial charge is 0.316 e. The molecule has 0 saturated carbocycles. The molecule has 2 aromatic rings. The van der Waals surface area contributed by atoms with E-state index in [0.29, 0.717) is 0 Å². The Morgan fingerprint density at radius 3 is 2.74 bits per heavy atom. The number of benzene rings is 1. The quantitative estimate of drug-likeness (QED) is 0.830. The zero-order valence-electron chi connectivity index (χ0n) is 11.5. The van der Waals surface area contributed by atoms with Crippen LogP contribution in [0.25, 0.3) is 10.2 Å². The summed E-state index contributed by atoms with van der Waals surface area (Å²) < 4.78 is 3.15. The molecule has 0 radical (unpaired) electrons. The number of halogens is 1. The van der Waals surface area contributed by atoms with Crippen LogP contribution in [0.1, 0.15) is 26.3 Å². The Bertz CT molecular complexity index is 697. The molecule has 1 heterocycles. The summed E-state index contributed by atoms with van der Waals surface area (Å²) in [6.07, 6.45) is 0. The van der Waals surface area contributed by atoms with Crippen molar-refractivity contribution in [3.8, 4) is 0 Å². The second kappa shape index (κ2) is 5.47. The first-order chi connectivity index (χ1) is 8.93. The Balaban J connectivity index is 2.76. The van der Waals surface area contributed by atoms with Gasteiger partial charge in [0.2, 0.25) is 0 Å². The lowest BCUT2D eigenvalue weighted by Crippen LogP contribution is -2.18. The van der Waals surface area contributed by atoms with Gasteiger partial charge in [-0.15, -0.1) is 0 Å². The molecule has 0 N–H and O–H groups in total. The first-order valence-corrected chi connectivity index (χ1v) is 7.51. The van der Waals surface area contributed by atoms with Gasteiger partial charge in [0.25, 0.3) is 5.91 Å². The molecule has 0 bridgehead atoms. The average Bonchev–Trinajstić information content (AvgIpc) is 2.66. The zero-order chi connectivity index (χ0) is 14.2. The van der Waals surface area contributed by atoms with Gasteiger partial charge in [-0.2, -0.15) is 4.99 Å². The summed E-state index contributed by atoms with van der Waals surface area (Å²) in [6, 6.07) is 3.87. The van der Waals surface area contributed by atoms with Crippen LogP contribution >= 0.6 is 22.9 Å². The van der Waals surface area contributed by atoms with E-state index >= 15 is 0 Å². The van der Waals surface area contributed by atoms with Gasteiger partial charge in [-0.1, -0.05) is 36.8 Å². The maximum Gasteiger partial charge on any atom is 0.250 e. The number of thiazole rings is 1. The molecule has 1 aromatic heterocycles. The van der Waals surface area contributed by atoms with Gasteiger partial charge < -0.3 is 4.57 Å². The Kier molecular flexibility index (Phi) is 4.11. The summed E-state index contributed by atoms with van der Waals surface area (Å²) in [6.45, 7) is 8.59. The minimum Gasteiger partial charge on any atom is -0.316 e. The lowest BCUT2D eigenvalue weighted by molar-refractivity contribution is -0.120. The maximum absolute atomic E-state index is 11.8. The van der Waals surface area contributed by atoms with Crippen molar-refractivity contribution in [2.24, 2.45) is 10.9 Å². The second-order valence-electron chi connectivity index (χ2n) is 4.80. The van der Waals surface area contributed by atoms with Crippen LogP contribution in [-0.4, -0.2) is 10.5 Å². The summed E-state index contributed by atoms with van der Waals surface area (Å²) in [5, 5.41) is 0.719. The highest BCUT2D eigenvalue weighted by atomic mass is 35.5. The molecule has 102 valence electrons. The molecule has 0 aliphatic heterocycles. The molecule has 1 amide bonds. The topological polar surface area (TPSA) is 34.4 Å². The number of carbonyl (C=O) groups excluding carboxylic acids is 1. The Hall–Kier alpha value is -1.13. The fraction of sp³-hybridized carbons (Fsp3) is 0.429. The molecule has 0 spiro atoms. The first kappa shape index (κ1) is 14.3. The van der Waals surface area contributed by atoms with Crippen LogP contribution in [0.5, 0.6) is 0 Å². The third kappa shape index (κ3) is 2.74.